The summed E-state index contributed by atoms with van der Waals surface area (Å²) in [4.78, 5) is 2.65. The van der Waals surface area contributed by atoms with E-state index in [1.807, 2.05) is 0 Å². The van der Waals surface area contributed by atoms with E-state index in [4.69, 9.17) is 0 Å². The molecule has 0 aromatic carbocycles. The minimum Gasteiger partial charge on any atom is -0.303 e. The highest BCUT2D eigenvalue weighted by Gasteiger charge is 2.33. The quantitative estimate of drug-likeness (QED) is 0.734. The Balaban J connectivity index is 1.89. The van der Waals surface area contributed by atoms with Crippen LogP contribution in [0.5, 0.6) is 0 Å². The molecule has 0 aliphatic heterocycles. The van der Waals surface area contributed by atoms with E-state index in [1.54, 1.807) is 0 Å². The summed E-state index contributed by atoms with van der Waals surface area (Å²) in [5.74, 6) is 1.09. The Labute approximate surface area is 106 Å². The molecule has 2 saturated carbocycles. The standard InChI is InChI=1S/C14H27NS/c1-15(13-7-3-4-8-13)11-14(12-16)9-5-2-6-10-14/h13,16H,2-12H2,1H3. The maximum absolute atomic E-state index is 4.64. The molecule has 0 aromatic rings. The van der Waals surface area contributed by atoms with Crippen LogP contribution in [0.2, 0.25) is 0 Å². The monoisotopic (exact) mass is 241 g/mol. The Bertz CT molecular complexity index is 205. The van der Waals surface area contributed by atoms with Gasteiger partial charge in [0.05, 0.1) is 0 Å². The van der Waals surface area contributed by atoms with E-state index in [9.17, 15) is 0 Å². The highest BCUT2D eigenvalue weighted by atomic mass is 32.1. The first kappa shape index (κ1) is 12.8. The smallest absolute Gasteiger partial charge is 0.00924 e. The van der Waals surface area contributed by atoms with Gasteiger partial charge in [-0.25, -0.2) is 0 Å². The molecule has 0 saturated heterocycles. The van der Waals surface area contributed by atoms with E-state index in [0.717, 1.165) is 11.8 Å². The Morgan fingerprint density at radius 2 is 1.69 bits per heavy atom. The van der Waals surface area contributed by atoms with Crippen molar-refractivity contribution in [2.45, 2.75) is 63.8 Å². The van der Waals surface area contributed by atoms with Gasteiger partial charge in [0.25, 0.3) is 0 Å². The number of nitrogens with zero attached hydrogens (tertiary/aromatic N) is 1. The first-order valence-corrected chi connectivity index (χ1v) is 7.70. The van der Waals surface area contributed by atoms with E-state index in [1.165, 1.54) is 64.3 Å². The van der Waals surface area contributed by atoms with Crippen molar-refractivity contribution in [2.24, 2.45) is 5.41 Å². The topological polar surface area (TPSA) is 3.24 Å². The van der Waals surface area contributed by atoms with Crippen LogP contribution in [0, 0.1) is 5.41 Å². The molecule has 16 heavy (non-hydrogen) atoms. The molecule has 0 amide bonds. The predicted molar refractivity (Wildman–Crippen MR) is 74.3 cm³/mol. The van der Waals surface area contributed by atoms with E-state index in [2.05, 4.69) is 24.6 Å². The average Bonchev–Trinajstić information content (AvgIpc) is 2.84. The fourth-order valence-electron chi connectivity index (χ4n) is 3.67. The Kier molecular flexibility index (Phi) is 4.60. The molecule has 0 aromatic heterocycles. The zero-order valence-corrected chi connectivity index (χ0v) is 11.6. The van der Waals surface area contributed by atoms with Gasteiger partial charge < -0.3 is 4.90 Å². The summed E-state index contributed by atoms with van der Waals surface area (Å²) in [7, 11) is 2.34. The van der Waals surface area contributed by atoms with Crippen LogP contribution in [-0.2, 0) is 0 Å². The molecular weight excluding hydrogens is 214 g/mol. The van der Waals surface area contributed by atoms with Gasteiger partial charge in [-0.3, -0.25) is 0 Å². The highest BCUT2D eigenvalue weighted by Crippen LogP contribution is 2.39. The van der Waals surface area contributed by atoms with Crippen molar-refractivity contribution in [2.75, 3.05) is 19.3 Å². The summed E-state index contributed by atoms with van der Waals surface area (Å²) in [6, 6.07) is 0.874. The molecule has 0 radical (unpaired) electrons. The third-order valence-corrected chi connectivity index (χ3v) is 5.45. The van der Waals surface area contributed by atoms with E-state index in [0.29, 0.717) is 5.41 Å². The lowest BCUT2D eigenvalue weighted by Gasteiger charge is -2.41. The van der Waals surface area contributed by atoms with E-state index < -0.39 is 0 Å². The number of thiol groups is 1. The summed E-state index contributed by atoms with van der Waals surface area (Å²) in [6.07, 6.45) is 12.9. The van der Waals surface area contributed by atoms with Crippen molar-refractivity contribution in [3.8, 4) is 0 Å². The van der Waals surface area contributed by atoms with Gasteiger partial charge in [0, 0.05) is 12.6 Å². The fourth-order valence-corrected chi connectivity index (χ4v) is 4.09. The van der Waals surface area contributed by atoms with Crippen molar-refractivity contribution in [1.82, 2.24) is 4.90 Å². The lowest BCUT2D eigenvalue weighted by Crippen LogP contribution is -2.42. The molecule has 0 heterocycles. The van der Waals surface area contributed by atoms with Gasteiger partial charge in [-0.15, -0.1) is 0 Å². The molecule has 2 fully saturated rings. The van der Waals surface area contributed by atoms with Crippen LogP contribution in [0.4, 0.5) is 0 Å². The Morgan fingerprint density at radius 3 is 2.25 bits per heavy atom. The largest absolute Gasteiger partial charge is 0.303 e. The first-order chi connectivity index (χ1) is 7.76. The number of rotatable bonds is 4. The minimum absolute atomic E-state index is 0.540. The molecule has 2 aliphatic rings. The highest BCUT2D eigenvalue weighted by molar-refractivity contribution is 7.80. The zero-order chi connectivity index (χ0) is 11.4. The maximum atomic E-state index is 4.64. The van der Waals surface area contributed by atoms with Crippen LogP contribution in [-0.4, -0.2) is 30.3 Å². The molecule has 0 atom stereocenters. The second kappa shape index (κ2) is 5.77. The zero-order valence-electron chi connectivity index (χ0n) is 10.7. The summed E-state index contributed by atoms with van der Waals surface area (Å²) in [5, 5.41) is 0. The molecule has 2 aliphatic carbocycles. The summed E-state index contributed by atoms with van der Waals surface area (Å²) in [5.41, 5.74) is 0.540. The van der Waals surface area contributed by atoms with E-state index >= 15 is 0 Å². The van der Waals surface area contributed by atoms with Crippen molar-refractivity contribution in [1.29, 1.82) is 0 Å². The summed E-state index contributed by atoms with van der Waals surface area (Å²) >= 11 is 4.64. The molecule has 1 nitrogen and oxygen atoms in total. The Morgan fingerprint density at radius 1 is 1.06 bits per heavy atom. The molecule has 2 heteroatoms. The lowest BCUT2D eigenvalue weighted by atomic mass is 9.75. The number of hydrogen-bond donors (Lipinski definition) is 1. The van der Waals surface area contributed by atoms with Gasteiger partial charge in [-0.1, -0.05) is 32.1 Å². The van der Waals surface area contributed by atoms with Crippen molar-refractivity contribution in [3.05, 3.63) is 0 Å². The van der Waals surface area contributed by atoms with Crippen LogP contribution in [0.25, 0.3) is 0 Å². The van der Waals surface area contributed by atoms with Crippen LogP contribution < -0.4 is 0 Å². The SMILES string of the molecule is CN(CC1(CS)CCCCC1)C1CCCC1. The molecule has 2 rings (SSSR count). The van der Waals surface area contributed by atoms with Crippen LogP contribution in [0.3, 0.4) is 0 Å². The maximum Gasteiger partial charge on any atom is 0.00924 e. The summed E-state index contributed by atoms with van der Waals surface area (Å²) in [6.45, 7) is 1.29. The van der Waals surface area contributed by atoms with Crippen molar-refractivity contribution < 1.29 is 0 Å². The lowest BCUT2D eigenvalue weighted by molar-refractivity contribution is 0.116. The van der Waals surface area contributed by atoms with Gasteiger partial charge in [0.15, 0.2) is 0 Å². The molecular formula is C14H27NS. The normalized spacial score (nSPS) is 26.4. The van der Waals surface area contributed by atoms with Crippen LogP contribution in [0.1, 0.15) is 57.8 Å². The van der Waals surface area contributed by atoms with Crippen LogP contribution in [0.15, 0.2) is 0 Å². The molecule has 0 bridgehead atoms. The first-order valence-electron chi connectivity index (χ1n) is 7.07. The molecule has 0 spiro atoms. The second-order valence-corrected chi connectivity index (χ2v) is 6.39. The summed E-state index contributed by atoms with van der Waals surface area (Å²) < 4.78 is 0. The fraction of sp³-hybridized carbons (Fsp3) is 1.00. The Hall–Kier alpha value is 0.310. The van der Waals surface area contributed by atoms with E-state index in [-0.39, 0.29) is 0 Å². The third kappa shape index (κ3) is 2.95. The average molecular weight is 241 g/mol. The van der Waals surface area contributed by atoms with Gasteiger partial charge in [0.1, 0.15) is 0 Å². The van der Waals surface area contributed by atoms with Crippen molar-refractivity contribution >= 4 is 12.6 Å². The van der Waals surface area contributed by atoms with Gasteiger partial charge >= 0.3 is 0 Å². The molecule has 0 unspecified atom stereocenters. The molecule has 94 valence electrons. The van der Waals surface area contributed by atoms with Gasteiger partial charge in [-0.05, 0) is 43.9 Å². The second-order valence-electron chi connectivity index (χ2n) is 6.07. The third-order valence-electron chi connectivity index (χ3n) is 4.78. The number of hydrogen-bond acceptors (Lipinski definition) is 2. The van der Waals surface area contributed by atoms with Crippen molar-refractivity contribution in [3.63, 3.8) is 0 Å². The predicted octanol–water partition coefficient (Wildman–Crippen LogP) is 3.74. The minimum atomic E-state index is 0.540. The molecule has 0 N–H and O–H groups in total. The van der Waals surface area contributed by atoms with Gasteiger partial charge in [-0.2, -0.15) is 12.6 Å². The van der Waals surface area contributed by atoms with Gasteiger partial charge in [0.2, 0.25) is 0 Å². The van der Waals surface area contributed by atoms with Crippen LogP contribution >= 0.6 is 12.6 Å².